The van der Waals surface area contributed by atoms with Crippen molar-refractivity contribution in [2.45, 2.75) is 0 Å². The van der Waals surface area contributed by atoms with Crippen LogP contribution in [-0.2, 0) is 4.79 Å². The highest BCUT2D eigenvalue weighted by atomic mass is 35.5. The summed E-state index contributed by atoms with van der Waals surface area (Å²) in [6, 6.07) is 7.97. The number of ether oxygens (including phenoxy) is 1. The van der Waals surface area contributed by atoms with Crippen LogP contribution in [0.2, 0.25) is 10.0 Å². The van der Waals surface area contributed by atoms with E-state index in [9.17, 15) is 20.0 Å². The van der Waals surface area contributed by atoms with Crippen molar-refractivity contribution in [2.75, 3.05) is 6.61 Å². The van der Waals surface area contributed by atoms with Crippen LogP contribution in [-0.4, -0.2) is 28.8 Å². The minimum absolute atomic E-state index is 0.0798. The number of aromatic hydroxyl groups is 1. The van der Waals surface area contributed by atoms with Gasteiger partial charge in [0.2, 0.25) is 0 Å². The Morgan fingerprint density at radius 3 is 2.76 bits per heavy atom. The summed E-state index contributed by atoms with van der Waals surface area (Å²) in [4.78, 5) is 21.7. The first-order valence-electron chi connectivity index (χ1n) is 6.74. The minimum atomic E-state index is -0.612. The number of amides is 1. The Morgan fingerprint density at radius 1 is 1.32 bits per heavy atom. The topological polar surface area (TPSA) is 114 Å². The normalized spacial score (nSPS) is 10.6. The van der Waals surface area contributed by atoms with E-state index in [2.05, 4.69) is 10.5 Å². The van der Waals surface area contributed by atoms with E-state index in [0.29, 0.717) is 5.02 Å². The average molecular weight is 384 g/mol. The number of nitrogens with zero attached hydrogens (tertiary/aromatic N) is 2. The molecule has 2 N–H and O–H groups in total. The SMILES string of the molecule is O=C(COc1ccc(Cl)cc1Cl)NN=Cc1cc([N+](=O)[O-])ccc1O. The molecule has 0 unspecified atom stereocenters. The van der Waals surface area contributed by atoms with E-state index < -0.39 is 10.8 Å². The number of hydrogen-bond donors (Lipinski definition) is 2. The monoisotopic (exact) mass is 383 g/mol. The Kier molecular flexibility index (Phi) is 6.15. The van der Waals surface area contributed by atoms with Gasteiger partial charge in [0.25, 0.3) is 11.6 Å². The molecule has 10 heteroatoms. The highest BCUT2D eigenvalue weighted by Crippen LogP contribution is 2.27. The third-order valence-corrected chi connectivity index (χ3v) is 3.40. The first kappa shape index (κ1) is 18.5. The molecule has 0 bridgehead atoms. The lowest BCUT2D eigenvalue weighted by atomic mass is 10.2. The second-order valence-electron chi connectivity index (χ2n) is 4.66. The summed E-state index contributed by atoms with van der Waals surface area (Å²) in [5.41, 5.74) is 2.03. The highest BCUT2D eigenvalue weighted by Gasteiger charge is 2.09. The molecule has 8 nitrogen and oxygen atoms in total. The molecule has 0 aliphatic heterocycles. The molecule has 2 rings (SSSR count). The summed E-state index contributed by atoms with van der Waals surface area (Å²) in [5.74, 6) is -0.526. The number of halogens is 2. The number of nitro groups is 1. The maximum absolute atomic E-state index is 11.7. The first-order valence-corrected chi connectivity index (χ1v) is 7.49. The van der Waals surface area contributed by atoms with Crippen molar-refractivity contribution in [3.63, 3.8) is 0 Å². The average Bonchev–Trinajstić information content (AvgIpc) is 2.55. The highest BCUT2D eigenvalue weighted by molar-refractivity contribution is 6.35. The fourth-order valence-corrected chi connectivity index (χ4v) is 2.16. The molecule has 130 valence electrons. The van der Waals surface area contributed by atoms with E-state index in [0.717, 1.165) is 24.4 Å². The smallest absolute Gasteiger partial charge is 0.277 e. The van der Waals surface area contributed by atoms with Gasteiger partial charge in [0.05, 0.1) is 16.2 Å². The number of rotatable bonds is 6. The Balaban J connectivity index is 1.92. The van der Waals surface area contributed by atoms with Crippen molar-refractivity contribution in [3.05, 3.63) is 62.1 Å². The number of hydrogen-bond acceptors (Lipinski definition) is 6. The largest absolute Gasteiger partial charge is 0.507 e. The molecular weight excluding hydrogens is 373 g/mol. The molecule has 0 aromatic heterocycles. The summed E-state index contributed by atoms with van der Waals surface area (Å²) in [6.45, 7) is -0.361. The van der Waals surface area contributed by atoms with Crippen LogP contribution in [0.25, 0.3) is 0 Å². The van der Waals surface area contributed by atoms with Gasteiger partial charge < -0.3 is 9.84 Å². The Hall–Kier alpha value is -2.84. The summed E-state index contributed by atoms with van der Waals surface area (Å²) in [5, 5.41) is 24.6. The van der Waals surface area contributed by atoms with E-state index in [1.54, 1.807) is 6.07 Å². The van der Waals surface area contributed by atoms with Crippen LogP contribution in [0.5, 0.6) is 11.5 Å². The van der Waals surface area contributed by atoms with Gasteiger partial charge in [0.15, 0.2) is 6.61 Å². The summed E-state index contributed by atoms with van der Waals surface area (Å²) in [6.07, 6.45) is 1.08. The van der Waals surface area contributed by atoms with Gasteiger partial charge in [-0.2, -0.15) is 5.10 Å². The summed E-state index contributed by atoms with van der Waals surface area (Å²) >= 11 is 11.7. The summed E-state index contributed by atoms with van der Waals surface area (Å²) < 4.78 is 5.22. The quantitative estimate of drug-likeness (QED) is 0.451. The zero-order chi connectivity index (χ0) is 18.4. The third kappa shape index (κ3) is 5.33. The second kappa shape index (κ2) is 8.32. The molecular formula is C15H11Cl2N3O5. The van der Waals surface area contributed by atoms with Crippen LogP contribution < -0.4 is 10.2 Å². The van der Waals surface area contributed by atoms with Crippen LogP contribution in [0.4, 0.5) is 5.69 Å². The standard InChI is InChI=1S/C15H11Cl2N3O5/c16-10-1-4-14(12(17)6-10)25-8-15(22)19-18-7-9-5-11(20(23)24)2-3-13(9)21/h1-7,21H,8H2,(H,19,22). The molecule has 0 saturated carbocycles. The maximum Gasteiger partial charge on any atom is 0.277 e. The molecule has 0 atom stereocenters. The van der Waals surface area contributed by atoms with Crippen molar-refractivity contribution in [2.24, 2.45) is 5.10 Å². The number of phenols is 1. The van der Waals surface area contributed by atoms with Crippen molar-refractivity contribution >= 4 is 41.0 Å². The van der Waals surface area contributed by atoms with E-state index in [1.165, 1.54) is 12.1 Å². The number of hydrazone groups is 1. The molecule has 2 aromatic carbocycles. The van der Waals surface area contributed by atoms with Gasteiger partial charge in [0, 0.05) is 22.7 Å². The minimum Gasteiger partial charge on any atom is -0.507 e. The predicted molar refractivity (Wildman–Crippen MR) is 92.5 cm³/mol. The van der Waals surface area contributed by atoms with E-state index in [4.69, 9.17) is 27.9 Å². The fraction of sp³-hybridized carbons (Fsp3) is 0.0667. The van der Waals surface area contributed by atoms with Gasteiger partial charge >= 0.3 is 0 Å². The number of phenolic OH excluding ortho intramolecular Hbond substituents is 1. The van der Waals surface area contributed by atoms with Crippen molar-refractivity contribution < 1.29 is 19.6 Å². The molecule has 25 heavy (non-hydrogen) atoms. The molecule has 1 amide bonds. The Labute approximate surface area is 151 Å². The zero-order valence-electron chi connectivity index (χ0n) is 12.5. The Morgan fingerprint density at radius 2 is 2.08 bits per heavy atom. The number of benzene rings is 2. The van der Waals surface area contributed by atoms with E-state index in [-0.39, 0.29) is 34.4 Å². The third-order valence-electron chi connectivity index (χ3n) is 2.87. The van der Waals surface area contributed by atoms with Gasteiger partial charge in [-0.1, -0.05) is 23.2 Å². The molecule has 0 aliphatic rings. The molecule has 0 aliphatic carbocycles. The fourth-order valence-electron chi connectivity index (χ4n) is 1.70. The molecule has 0 fully saturated rings. The number of carbonyl (C=O) groups is 1. The zero-order valence-corrected chi connectivity index (χ0v) is 14.0. The predicted octanol–water partition coefficient (Wildman–Crippen LogP) is 3.14. The molecule has 0 spiro atoms. The number of nitro benzene ring substituents is 1. The van der Waals surface area contributed by atoms with Gasteiger partial charge in [-0.15, -0.1) is 0 Å². The van der Waals surface area contributed by atoms with Crippen molar-refractivity contribution in [3.8, 4) is 11.5 Å². The molecule has 0 saturated heterocycles. The summed E-state index contributed by atoms with van der Waals surface area (Å²) in [7, 11) is 0. The van der Waals surface area contributed by atoms with Gasteiger partial charge in [-0.3, -0.25) is 14.9 Å². The van der Waals surface area contributed by atoms with Crippen LogP contribution in [0.15, 0.2) is 41.5 Å². The lowest BCUT2D eigenvalue weighted by Gasteiger charge is -2.07. The van der Waals surface area contributed by atoms with Gasteiger partial charge in [0.1, 0.15) is 11.5 Å². The van der Waals surface area contributed by atoms with Crippen LogP contribution in [0.3, 0.4) is 0 Å². The number of carbonyl (C=O) groups excluding carboxylic acids is 1. The Bertz CT molecular complexity index is 842. The first-order chi connectivity index (χ1) is 11.9. The number of non-ortho nitro benzene ring substituents is 1. The lowest BCUT2D eigenvalue weighted by molar-refractivity contribution is -0.384. The molecule has 0 heterocycles. The van der Waals surface area contributed by atoms with Crippen molar-refractivity contribution in [1.82, 2.24) is 5.43 Å². The van der Waals surface area contributed by atoms with E-state index in [1.807, 2.05) is 0 Å². The lowest BCUT2D eigenvalue weighted by Crippen LogP contribution is -2.24. The van der Waals surface area contributed by atoms with Crippen LogP contribution in [0.1, 0.15) is 5.56 Å². The maximum atomic E-state index is 11.7. The number of nitrogens with one attached hydrogen (secondary N) is 1. The van der Waals surface area contributed by atoms with Crippen LogP contribution in [0, 0.1) is 10.1 Å². The van der Waals surface area contributed by atoms with Gasteiger partial charge in [-0.25, -0.2) is 5.43 Å². The van der Waals surface area contributed by atoms with Crippen LogP contribution >= 0.6 is 23.2 Å². The van der Waals surface area contributed by atoms with E-state index >= 15 is 0 Å². The van der Waals surface area contributed by atoms with Crippen molar-refractivity contribution in [1.29, 1.82) is 0 Å². The molecule has 2 aromatic rings. The second-order valence-corrected chi connectivity index (χ2v) is 5.50. The van der Waals surface area contributed by atoms with Gasteiger partial charge in [-0.05, 0) is 24.3 Å². The molecule has 0 radical (unpaired) electrons.